The Morgan fingerprint density at radius 3 is 2.57 bits per heavy atom. The van der Waals surface area contributed by atoms with Crippen LogP contribution in [-0.4, -0.2) is 35.5 Å². The second-order valence-corrected chi connectivity index (χ2v) is 7.26. The van der Waals surface area contributed by atoms with E-state index < -0.39 is 0 Å². The number of carbonyl (C=O) groups is 1. The first-order chi connectivity index (χ1) is 10.1. The van der Waals surface area contributed by atoms with Crippen LogP contribution in [-0.2, 0) is 6.42 Å². The first-order valence-electron chi connectivity index (χ1n) is 6.38. The molecule has 0 N–H and O–H groups in total. The van der Waals surface area contributed by atoms with Gasteiger partial charge in [-0.25, -0.2) is 0 Å². The van der Waals surface area contributed by atoms with Crippen molar-refractivity contribution in [3.05, 3.63) is 28.3 Å². The molecule has 1 aromatic carbocycles. The number of hydrogen-bond acceptors (Lipinski definition) is 7. The van der Waals surface area contributed by atoms with E-state index in [0.717, 1.165) is 14.9 Å². The Kier molecular flexibility index (Phi) is 3.86. The molecule has 1 aliphatic carbocycles. The third kappa shape index (κ3) is 2.63. The van der Waals surface area contributed by atoms with Gasteiger partial charge in [0.25, 0.3) is 0 Å². The summed E-state index contributed by atoms with van der Waals surface area (Å²) in [5.41, 5.74) is 1.71. The van der Waals surface area contributed by atoms with Crippen LogP contribution in [0.3, 0.4) is 0 Å². The van der Waals surface area contributed by atoms with E-state index in [2.05, 4.69) is 10.2 Å². The lowest BCUT2D eigenvalue weighted by Gasteiger charge is -2.09. The lowest BCUT2D eigenvalue weighted by atomic mass is 10.1. The predicted octanol–water partition coefficient (Wildman–Crippen LogP) is 2.76. The standard InChI is InChI=1S/C14H14N2O3S2/c1-7-15-16-14(20-7)21-12-5-8-4-10(18-2)11(19-3)6-9(8)13(12)17/h4,6,12H,5H2,1-3H3. The smallest absolute Gasteiger partial charge is 0.177 e. The van der Waals surface area contributed by atoms with E-state index in [1.807, 2.05) is 13.0 Å². The Bertz CT molecular complexity index is 700. The summed E-state index contributed by atoms with van der Waals surface area (Å²) in [7, 11) is 3.16. The van der Waals surface area contributed by atoms with Crippen molar-refractivity contribution in [2.24, 2.45) is 0 Å². The van der Waals surface area contributed by atoms with Gasteiger partial charge in [-0.15, -0.1) is 10.2 Å². The zero-order valence-corrected chi connectivity index (χ0v) is 13.5. The van der Waals surface area contributed by atoms with Gasteiger partial charge in [0, 0.05) is 5.56 Å². The van der Waals surface area contributed by atoms with Crippen molar-refractivity contribution in [1.82, 2.24) is 10.2 Å². The van der Waals surface area contributed by atoms with Crippen molar-refractivity contribution in [3.63, 3.8) is 0 Å². The molecule has 0 saturated carbocycles. The number of hydrogen-bond donors (Lipinski definition) is 0. The van der Waals surface area contributed by atoms with E-state index in [9.17, 15) is 4.79 Å². The van der Waals surface area contributed by atoms with Gasteiger partial charge in [0.2, 0.25) is 0 Å². The zero-order valence-electron chi connectivity index (χ0n) is 11.9. The molecule has 1 aromatic heterocycles. The predicted molar refractivity (Wildman–Crippen MR) is 81.9 cm³/mol. The van der Waals surface area contributed by atoms with Crippen LogP contribution in [0.25, 0.3) is 0 Å². The molecular weight excluding hydrogens is 308 g/mol. The third-order valence-corrected chi connectivity index (χ3v) is 5.44. The second-order valence-electron chi connectivity index (χ2n) is 4.63. The number of carbonyl (C=O) groups excluding carboxylic acids is 1. The van der Waals surface area contributed by atoms with Gasteiger partial charge in [0.15, 0.2) is 21.6 Å². The molecule has 1 heterocycles. The van der Waals surface area contributed by atoms with Crippen molar-refractivity contribution in [3.8, 4) is 11.5 Å². The Balaban J connectivity index is 1.87. The van der Waals surface area contributed by atoms with Gasteiger partial charge in [-0.2, -0.15) is 0 Å². The molecule has 1 atom stereocenters. The van der Waals surface area contributed by atoms with Gasteiger partial charge in [-0.1, -0.05) is 23.1 Å². The van der Waals surface area contributed by atoms with Gasteiger partial charge < -0.3 is 9.47 Å². The van der Waals surface area contributed by atoms with E-state index in [1.165, 1.54) is 23.1 Å². The van der Waals surface area contributed by atoms with E-state index in [0.29, 0.717) is 23.5 Å². The lowest BCUT2D eigenvalue weighted by molar-refractivity contribution is 0.1000. The molecule has 21 heavy (non-hydrogen) atoms. The van der Waals surface area contributed by atoms with Gasteiger partial charge in [0.05, 0.1) is 19.5 Å². The van der Waals surface area contributed by atoms with Crippen molar-refractivity contribution >= 4 is 28.9 Å². The summed E-state index contributed by atoms with van der Waals surface area (Å²) >= 11 is 2.99. The number of ether oxygens (including phenoxy) is 2. The normalized spacial score (nSPS) is 16.9. The van der Waals surface area contributed by atoms with Crippen LogP contribution in [0, 0.1) is 6.92 Å². The fraction of sp³-hybridized carbons (Fsp3) is 0.357. The largest absolute Gasteiger partial charge is 0.493 e. The zero-order chi connectivity index (χ0) is 15.0. The highest BCUT2D eigenvalue weighted by molar-refractivity contribution is 8.02. The van der Waals surface area contributed by atoms with E-state index >= 15 is 0 Å². The van der Waals surface area contributed by atoms with Crippen molar-refractivity contribution in [2.45, 2.75) is 22.9 Å². The molecule has 0 aliphatic heterocycles. The van der Waals surface area contributed by atoms with Crippen LogP contribution in [0.15, 0.2) is 16.5 Å². The third-order valence-electron chi connectivity index (χ3n) is 3.32. The summed E-state index contributed by atoms with van der Waals surface area (Å²) in [5.74, 6) is 1.35. The van der Waals surface area contributed by atoms with Crippen LogP contribution in [0.1, 0.15) is 20.9 Å². The average Bonchev–Trinajstić information content (AvgIpc) is 3.02. The molecule has 2 aromatic rings. The summed E-state index contributed by atoms with van der Waals surface area (Å²) in [4.78, 5) is 12.5. The molecular formula is C14H14N2O3S2. The number of methoxy groups -OCH3 is 2. The Morgan fingerprint density at radius 2 is 1.95 bits per heavy atom. The molecule has 0 radical (unpaired) electrons. The molecule has 5 nitrogen and oxygen atoms in total. The lowest BCUT2D eigenvalue weighted by Crippen LogP contribution is -2.10. The number of fused-ring (bicyclic) bond motifs is 1. The van der Waals surface area contributed by atoms with Crippen LogP contribution in [0.4, 0.5) is 0 Å². The minimum absolute atomic E-state index is 0.115. The molecule has 7 heteroatoms. The molecule has 0 spiro atoms. The number of rotatable bonds is 4. The number of thioether (sulfide) groups is 1. The fourth-order valence-electron chi connectivity index (χ4n) is 2.33. The SMILES string of the molecule is COc1cc2c(cc1OC)C(=O)C(Sc1nnc(C)s1)C2. The number of aromatic nitrogens is 2. The van der Waals surface area contributed by atoms with Crippen LogP contribution >= 0.6 is 23.1 Å². The fourth-order valence-corrected chi connectivity index (χ4v) is 4.48. The molecule has 0 fully saturated rings. The highest BCUT2D eigenvalue weighted by atomic mass is 32.2. The number of benzene rings is 1. The maximum absolute atomic E-state index is 12.5. The highest BCUT2D eigenvalue weighted by Gasteiger charge is 2.33. The second kappa shape index (κ2) is 5.65. The summed E-state index contributed by atoms with van der Waals surface area (Å²) in [6.45, 7) is 1.91. The molecule has 110 valence electrons. The van der Waals surface area contributed by atoms with E-state index in [4.69, 9.17) is 9.47 Å². The summed E-state index contributed by atoms with van der Waals surface area (Å²) in [6.07, 6.45) is 0.678. The number of nitrogens with zero attached hydrogens (tertiary/aromatic N) is 2. The molecule has 3 rings (SSSR count). The summed E-state index contributed by atoms with van der Waals surface area (Å²) < 4.78 is 11.4. The Morgan fingerprint density at radius 1 is 1.24 bits per heavy atom. The van der Waals surface area contributed by atoms with Gasteiger partial charge in [0.1, 0.15) is 5.01 Å². The minimum Gasteiger partial charge on any atom is -0.493 e. The van der Waals surface area contributed by atoms with E-state index in [-0.39, 0.29) is 11.0 Å². The van der Waals surface area contributed by atoms with Crippen molar-refractivity contribution in [1.29, 1.82) is 0 Å². The summed E-state index contributed by atoms with van der Waals surface area (Å²) in [6, 6.07) is 3.65. The first kappa shape index (κ1) is 14.3. The van der Waals surface area contributed by atoms with Crippen molar-refractivity contribution < 1.29 is 14.3 Å². The molecule has 1 unspecified atom stereocenters. The van der Waals surface area contributed by atoms with Crippen LogP contribution in [0.2, 0.25) is 0 Å². The Labute approximate surface area is 130 Å². The Hall–Kier alpha value is -1.60. The molecule has 1 aliphatic rings. The van der Waals surface area contributed by atoms with Crippen LogP contribution < -0.4 is 9.47 Å². The quantitative estimate of drug-likeness (QED) is 0.862. The molecule has 0 saturated heterocycles. The van der Waals surface area contributed by atoms with E-state index in [1.54, 1.807) is 20.3 Å². The van der Waals surface area contributed by atoms with Crippen LogP contribution in [0.5, 0.6) is 11.5 Å². The van der Waals surface area contributed by atoms with Gasteiger partial charge in [-0.05, 0) is 31.0 Å². The molecule has 0 bridgehead atoms. The van der Waals surface area contributed by atoms with Crippen molar-refractivity contribution in [2.75, 3.05) is 14.2 Å². The number of aryl methyl sites for hydroxylation is 1. The maximum atomic E-state index is 12.5. The molecule has 0 amide bonds. The summed E-state index contributed by atoms with van der Waals surface area (Å²) in [5, 5.41) is 8.82. The maximum Gasteiger partial charge on any atom is 0.177 e. The number of ketones is 1. The van der Waals surface area contributed by atoms with Gasteiger partial charge in [-0.3, -0.25) is 4.79 Å². The highest BCUT2D eigenvalue weighted by Crippen LogP contribution is 2.40. The monoisotopic (exact) mass is 322 g/mol. The first-order valence-corrected chi connectivity index (χ1v) is 8.08. The average molecular weight is 322 g/mol. The number of Topliss-reactive ketones (excluding diaryl/α,β-unsaturated/α-hetero) is 1. The topological polar surface area (TPSA) is 61.3 Å². The minimum atomic E-state index is -0.149. The van der Waals surface area contributed by atoms with Gasteiger partial charge >= 0.3 is 0 Å².